The number of ether oxygens (including phenoxy) is 5. The molecule has 0 amide bonds. The second-order valence-electron chi connectivity index (χ2n) is 11.1. The molecule has 256 valence electrons. The van der Waals surface area contributed by atoms with Crippen LogP contribution in [0.3, 0.4) is 0 Å². The van der Waals surface area contributed by atoms with Gasteiger partial charge in [-0.15, -0.1) is 0 Å². The highest BCUT2D eigenvalue weighted by Crippen LogP contribution is 2.37. The molecule has 3 aromatic carbocycles. The van der Waals surface area contributed by atoms with Gasteiger partial charge in [0.1, 0.15) is 6.61 Å². The van der Waals surface area contributed by atoms with E-state index in [-0.39, 0.29) is 36.1 Å². The lowest BCUT2D eigenvalue weighted by Gasteiger charge is -2.25. The Morgan fingerprint density at radius 2 is 1.76 bits per heavy atom. The Bertz CT molecular complexity index is 2120. The number of nitrogens with zero attached hydrogens (tertiary/aromatic N) is 3. The third kappa shape index (κ3) is 7.55. The molecule has 2 heterocycles. The molecule has 0 radical (unpaired) electrons. The molecule has 12 nitrogen and oxygen atoms in total. The number of allylic oxidation sites excluding steroid dienone is 1. The minimum absolute atomic E-state index is 0.00817. The Morgan fingerprint density at radius 3 is 2.39 bits per heavy atom. The van der Waals surface area contributed by atoms with Crippen molar-refractivity contribution in [1.29, 1.82) is 0 Å². The standard InChI is InChI=1S/C35H34BrN3O9S/c1-7-46-34(41)31-20(4)37-35-38(32(31)22-10-13-26(48-19(2)3)27(14-22)44-5)33(40)30(49-35)16-23-15-28(45-6)29(17-25(23)36)47-18-21-8-11-24(12-9-21)39(42)43/h8-17,19,32H,7,18H2,1-6H3/b30-16-/t32-/m1/s1. The second kappa shape index (κ2) is 15.1. The summed E-state index contributed by atoms with van der Waals surface area (Å²) in [5.74, 6) is 1.27. The van der Waals surface area contributed by atoms with Crippen LogP contribution in [-0.4, -0.2) is 42.4 Å². The van der Waals surface area contributed by atoms with E-state index in [1.807, 2.05) is 13.8 Å². The summed E-state index contributed by atoms with van der Waals surface area (Å²) in [5.41, 5.74) is 2.32. The Kier molecular flexibility index (Phi) is 10.9. The zero-order valence-corrected chi connectivity index (χ0v) is 30.0. The molecule has 0 unspecified atom stereocenters. The summed E-state index contributed by atoms with van der Waals surface area (Å²) in [7, 11) is 3.04. The van der Waals surface area contributed by atoms with Crippen LogP contribution in [0, 0.1) is 10.1 Å². The third-order valence-corrected chi connectivity index (χ3v) is 9.16. The molecule has 0 fully saturated rings. The Balaban J connectivity index is 1.56. The number of benzene rings is 3. The Labute approximate surface area is 294 Å². The van der Waals surface area contributed by atoms with Crippen molar-refractivity contribution < 1.29 is 33.4 Å². The lowest BCUT2D eigenvalue weighted by atomic mass is 9.95. The van der Waals surface area contributed by atoms with Crippen molar-refractivity contribution >= 4 is 45.0 Å². The lowest BCUT2D eigenvalue weighted by Crippen LogP contribution is -2.40. The fourth-order valence-corrected chi connectivity index (χ4v) is 6.74. The molecule has 0 saturated heterocycles. The molecule has 1 atom stereocenters. The van der Waals surface area contributed by atoms with Crippen molar-refractivity contribution in [2.24, 2.45) is 4.99 Å². The third-order valence-electron chi connectivity index (χ3n) is 7.49. The van der Waals surface area contributed by atoms with E-state index in [4.69, 9.17) is 23.7 Å². The van der Waals surface area contributed by atoms with E-state index in [1.165, 1.54) is 42.3 Å². The first-order chi connectivity index (χ1) is 23.4. The summed E-state index contributed by atoms with van der Waals surface area (Å²) in [5, 5.41) is 11.0. The number of carbonyl (C=O) groups excluding carboxylic acids is 1. The van der Waals surface area contributed by atoms with E-state index in [1.54, 1.807) is 62.4 Å². The first-order valence-electron chi connectivity index (χ1n) is 15.2. The summed E-state index contributed by atoms with van der Waals surface area (Å²) in [4.78, 5) is 43.1. The van der Waals surface area contributed by atoms with E-state index in [2.05, 4.69) is 20.9 Å². The van der Waals surface area contributed by atoms with Crippen LogP contribution in [-0.2, 0) is 16.1 Å². The normalized spacial score (nSPS) is 14.3. The van der Waals surface area contributed by atoms with Crippen LogP contribution in [0.5, 0.6) is 23.0 Å². The monoisotopic (exact) mass is 751 g/mol. The van der Waals surface area contributed by atoms with Gasteiger partial charge >= 0.3 is 5.97 Å². The van der Waals surface area contributed by atoms with Gasteiger partial charge in [0.25, 0.3) is 11.2 Å². The largest absolute Gasteiger partial charge is 0.493 e. The first kappa shape index (κ1) is 35.4. The van der Waals surface area contributed by atoms with Crippen molar-refractivity contribution in [3.63, 3.8) is 0 Å². The molecule has 1 aliphatic rings. The van der Waals surface area contributed by atoms with Gasteiger partial charge in [-0.1, -0.05) is 33.3 Å². The molecular formula is C35H34BrN3O9S. The number of esters is 1. The highest BCUT2D eigenvalue weighted by Gasteiger charge is 2.34. The fourth-order valence-electron chi connectivity index (χ4n) is 5.26. The van der Waals surface area contributed by atoms with E-state index in [0.717, 1.165) is 5.56 Å². The number of nitro benzene ring substituents is 1. The van der Waals surface area contributed by atoms with Crippen LogP contribution < -0.4 is 33.8 Å². The van der Waals surface area contributed by atoms with Gasteiger partial charge in [0, 0.05) is 16.6 Å². The molecule has 1 aromatic heterocycles. The summed E-state index contributed by atoms with van der Waals surface area (Å²) in [6, 6.07) is 14.0. The summed E-state index contributed by atoms with van der Waals surface area (Å²) in [6.45, 7) is 7.56. The average Bonchev–Trinajstić information content (AvgIpc) is 3.37. The van der Waals surface area contributed by atoms with Gasteiger partial charge in [-0.3, -0.25) is 19.5 Å². The number of non-ortho nitro benzene ring substituents is 1. The summed E-state index contributed by atoms with van der Waals surface area (Å²) < 4.78 is 31.0. The molecule has 0 saturated carbocycles. The van der Waals surface area contributed by atoms with Gasteiger partial charge in [-0.25, -0.2) is 9.79 Å². The maximum absolute atomic E-state index is 14.2. The number of hydrogen-bond donors (Lipinski definition) is 0. The maximum atomic E-state index is 14.2. The van der Waals surface area contributed by atoms with Crippen LogP contribution in [0.4, 0.5) is 5.69 Å². The Morgan fingerprint density at radius 1 is 1.06 bits per heavy atom. The number of fused-ring (bicyclic) bond motifs is 1. The quantitative estimate of drug-likeness (QED) is 0.0990. The highest BCUT2D eigenvalue weighted by molar-refractivity contribution is 9.10. The molecule has 0 bridgehead atoms. The van der Waals surface area contributed by atoms with Crippen molar-refractivity contribution in [3.8, 4) is 23.0 Å². The van der Waals surface area contributed by atoms with Crippen LogP contribution in [0.15, 0.2) is 80.1 Å². The van der Waals surface area contributed by atoms with Crippen molar-refractivity contribution in [2.45, 2.75) is 46.4 Å². The van der Waals surface area contributed by atoms with Crippen LogP contribution in [0.25, 0.3) is 6.08 Å². The summed E-state index contributed by atoms with van der Waals surface area (Å²) in [6.07, 6.45) is 1.63. The fraction of sp³-hybridized carbons (Fsp3) is 0.286. The molecule has 4 aromatic rings. The average molecular weight is 753 g/mol. The SMILES string of the molecule is CCOC(=O)C1=C(C)N=c2s/c(=C\c3cc(OC)c(OCc4ccc([N+](=O)[O-])cc4)cc3Br)c(=O)n2[C@@H]1c1ccc(OC(C)C)c(OC)c1. The second-order valence-corrected chi connectivity index (χ2v) is 13.0. The van der Waals surface area contributed by atoms with E-state index in [0.29, 0.717) is 53.6 Å². The molecule has 1 aliphatic heterocycles. The summed E-state index contributed by atoms with van der Waals surface area (Å²) >= 11 is 4.78. The molecule has 14 heteroatoms. The van der Waals surface area contributed by atoms with Crippen LogP contribution in [0.1, 0.15) is 50.4 Å². The van der Waals surface area contributed by atoms with E-state index in [9.17, 15) is 19.7 Å². The van der Waals surface area contributed by atoms with Gasteiger partial charge in [-0.05, 0) is 86.9 Å². The van der Waals surface area contributed by atoms with Gasteiger partial charge in [0.05, 0.1) is 53.7 Å². The number of halogens is 1. The molecule has 0 N–H and O–H groups in total. The topological polar surface area (TPSA) is 141 Å². The number of hydrogen-bond acceptors (Lipinski definition) is 11. The number of methoxy groups -OCH3 is 2. The van der Waals surface area contributed by atoms with Gasteiger partial charge in [0.2, 0.25) is 0 Å². The molecular weight excluding hydrogens is 718 g/mol. The molecule has 5 rings (SSSR count). The van der Waals surface area contributed by atoms with Crippen molar-refractivity contribution in [2.75, 3.05) is 20.8 Å². The Hall–Kier alpha value is -4.95. The van der Waals surface area contributed by atoms with Crippen molar-refractivity contribution in [1.82, 2.24) is 4.57 Å². The number of rotatable bonds is 12. The van der Waals surface area contributed by atoms with Crippen molar-refractivity contribution in [3.05, 3.63) is 117 Å². The number of thiazole rings is 1. The molecule has 0 spiro atoms. The zero-order chi connectivity index (χ0) is 35.4. The highest BCUT2D eigenvalue weighted by atomic mass is 79.9. The predicted molar refractivity (Wildman–Crippen MR) is 187 cm³/mol. The number of aromatic nitrogens is 1. The molecule has 0 aliphatic carbocycles. The van der Waals surface area contributed by atoms with E-state index >= 15 is 0 Å². The van der Waals surface area contributed by atoms with Gasteiger partial charge in [0.15, 0.2) is 27.8 Å². The molecule has 49 heavy (non-hydrogen) atoms. The van der Waals surface area contributed by atoms with Crippen LogP contribution >= 0.6 is 27.3 Å². The smallest absolute Gasteiger partial charge is 0.338 e. The zero-order valence-electron chi connectivity index (χ0n) is 27.6. The minimum atomic E-state index is -0.840. The first-order valence-corrected chi connectivity index (χ1v) is 16.8. The van der Waals surface area contributed by atoms with Crippen LogP contribution in [0.2, 0.25) is 0 Å². The lowest BCUT2D eigenvalue weighted by molar-refractivity contribution is -0.384. The number of nitro groups is 1. The van der Waals surface area contributed by atoms with E-state index < -0.39 is 16.9 Å². The van der Waals surface area contributed by atoms with Gasteiger partial charge < -0.3 is 23.7 Å². The predicted octanol–water partition coefficient (Wildman–Crippen LogP) is 5.85. The minimum Gasteiger partial charge on any atom is -0.493 e. The van der Waals surface area contributed by atoms with Gasteiger partial charge in [-0.2, -0.15) is 0 Å². The maximum Gasteiger partial charge on any atom is 0.338 e. The number of carbonyl (C=O) groups is 1.